The van der Waals surface area contributed by atoms with Crippen molar-refractivity contribution in [2.75, 3.05) is 31.1 Å². The largest absolute Gasteiger partial charge is 0.370 e. The van der Waals surface area contributed by atoms with Crippen molar-refractivity contribution in [1.29, 1.82) is 0 Å². The second kappa shape index (κ2) is 7.23. The second-order valence-electron chi connectivity index (χ2n) is 3.55. The van der Waals surface area contributed by atoms with E-state index in [2.05, 4.69) is 41.2 Å². The minimum absolute atomic E-state index is 1.04. The molecule has 0 aromatic carbocycles. The molecule has 0 bridgehead atoms. The zero-order chi connectivity index (χ0) is 10.9. The summed E-state index contributed by atoms with van der Waals surface area (Å²) in [5, 5.41) is 3.35. The molecular formula is C12H21N3. The topological polar surface area (TPSA) is 28.2 Å². The Balaban J connectivity index is 2.50. The molecule has 0 amide bonds. The number of nitrogens with zero attached hydrogens (tertiary/aromatic N) is 2. The van der Waals surface area contributed by atoms with Gasteiger partial charge in [-0.25, -0.2) is 0 Å². The Hall–Kier alpha value is -1.09. The van der Waals surface area contributed by atoms with Crippen LogP contribution in [-0.4, -0.2) is 31.2 Å². The lowest BCUT2D eigenvalue weighted by molar-refractivity contribution is 0.673. The van der Waals surface area contributed by atoms with Gasteiger partial charge >= 0.3 is 0 Å². The number of rotatable bonds is 7. The zero-order valence-corrected chi connectivity index (χ0v) is 9.74. The summed E-state index contributed by atoms with van der Waals surface area (Å²) in [7, 11) is 0. The predicted octanol–water partition coefficient (Wildman–Crippen LogP) is 1.91. The third-order valence-corrected chi connectivity index (χ3v) is 2.33. The van der Waals surface area contributed by atoms with E-state index in [9.17, 15) is 0 Å². The number of pyridine rings is 1. The van der Waals surface area contributed by atoms with Crippen LogP contribution in [0.2, 0.25) is 0 Å². The third kappa shape index (κ3) is 4.30. The average Bonchev–Trinajstić information content (AvgIpc) is 2.29. The first-order valence-electron chi connectivity index (χ1n) is 5.74. The Kier molecular flexibility index (Phi) is 5.78. The quantitative estimate of drug-likeness (QED) is 0.692. The summed E-state index contributed by atoms with van der Waals surface area (Å²) < 4.78 is 0. The summed E-state index contributed by atoms with van der Waals surface area (Å²) >= 11 is 0. The maximum atomic E-state index is 4.04. The molecule has 1 rings (SSSR count). The van der Waals surface area contributed by atoms with Crippen molar-refractivity contribution < 1.29 is 0 Å². The van der Waals surface area contributed by atoms with Crippen LogP contribution in [0.15, 0.2) is 24.5 Å². The fourth-order valence-corrected chi connectivity index (χ4v) is 1.59. The standard InChI is InChI=1S/C12H21N3/c1-3-10-15(11-9-13-4-2)12-5-7-14-8-6-12/h5-8,13H,3-4,9-11H2,1-2H3. The molecule has 0 aliphatic rings. The Morgan fingerprint density at radius 3 is 2.53 bits per heavy atom. The van der Waals surface area contributed by atoms with E-state index in [1.165, 1.54) is 12.1 Å². The van der Waals surface area contributed by atoms with Crippen molar-refractivity contribution >= 4 is 5.69 Å². The van der Waals surface area contributed by atoms with Crippen LogP contribution in [0, 0.1) is 0 Å². The molecule has 0 unspecified atom stereocenters. The lowest BCUT2D eigenvalue weighted by Crippen LogP contribution is -2.32. The summed E-state index contributed by atoms with van der Waals surface area (Å²) in [5.74, 6) is 0. The number of likely N-dealkylation sites (N-methyl/N-ethyl adjacent to an activating group) is 1. The lowest BCUT2D eigenvalue weighted by Gasteiger charge is -2.24. The van der Waals surface area contributed by atoms with Gasteiger partial charge in [0.05, 0.1) is 0 Å². The summed E-state index contributed by atoms with van der Waals surface area (Å²) in [6.07, 6.45) is 4.88. The smallest absolute Gasteiger partial charge is 0.0397 e. The summed E-state index contributed by atoms with van der Waals surface area (Å²) in [5.41, 5.74) is 1.27. The first-order valence-corrected chi connectivity index (χ1v) is 5.74. The molecule has 0 spiro atoms. The van der Waals surface area contributed by atoms with E-state index in [1.807, 2.05) is 12.4 Å². The van der Waals surface area contributed by atoms with Crippen molar-refractivity contribution in [2.45, 2.75) is 20.3 Å². The fourth-order valence-electron chi connectivity index (χ4n) is 1.59. The van der Waals surface area contributed by atoms with Crippen molar-refractivity contribution in [1.82, 2.24) is 10.3 Å². The minimum Gasteiger partial charge on any atom is -0.370 e. The number of nitrogens with one attached hydrogen (secondary N) is 1. The van der Waals surface area contributed by atoms with Crippen LogP contribution < -0.4 is 10.2 Å². The average molecular weight is 207 g/mol. The molecule has 1 heterocycles. The maximum absolute atomic E-state index is 4.04. The SMILES string of the molecule is CCCN(CCNCC)c1ccncc1. The Bertz CT molecular complexity index is 248. The molecule has 0 radical (unpaired) electrons. The molecule has 84 valence electrons. The Labute approximate surface area is 92.5 Å². The van der Waals surface area contributed by atoms with Gasteiger partial charge in [-0.05, 0) is 25.1 Å². The first kappa shape index (κ1) is 12.0. The number of aromatic nitrogens is 1. The summed E-state index contributed by atoms with van der Waals surface area (Å²) in [4.78, 5) is 6.44. The Morgan fingerprint density at radius 2 is 1.93 bits per heavy atom. The molecule has 0 aliphatic carbocycles. The third-order valence-electron chi connectivity index (χ3n) is 2.33. The van der Waals surface area contributed by atoms with Crippen LogP contribution in [0.1, 0.15) is 20.3 Å². The number of hydrogen-bond donors (Lipinski definition) is 1. The number of hydrogen-bond acceptors (Lipinski definition) is 3. The van der Waals surface area contributed by atoms with Gasteiger partial charge in [-0.15, -0.1) is 0 Å². The van der Waals surface area contributed by atoms with Gasteiger partial charge in [0.25, 0.3) is 0 Å². The highest BCUT2D eigenvalue weighted by molar-refractivity contribution is 5.44. The van der Waals surface area contributed by atoms with E-state index in [4.69, 9.17) is 0 Å². The van der Waals surface area contributed by atoms with Crippen LogP contribution in [0.4, 0.5) is 5.69 Å². The van der Waals surface area contributed by atoms with Gasteiger partial charge in [0.15, 0.2) is 0 Å². The minimum atomic E-state index is 1.04. The zero-order valence-electron chi connectivity index (χ0n) is 9.74. The molecule has 0 fully saturated rings. The predicted molar refractivity (Wildman–Crippen MR) is 65.3 cm³/mol. The number of anilines is 1. The summed E-state index contributed by atoms with van der Waals surface area (Å²) in [6.45, 7) is 8.59. The van der Waals surface area contributed by atoms with E-state index >= 15 is 0 Å². The van der Waals surface area contributed by atoms with Crippen molar-refractivity contribution in [3.05, 3.63) is 24.5 Å². The van der Waals surface area contributed by atoms with Gasteiger partial charge in [-0.3, -0.25) is 4.98 Å². The van der Waals surface area contributed by atoms with Crippen molar-refractivity contribution in [3.8, 4) is 0 Å². The summed E-state index contributed by atoms with van der Waals surface area (Å²) in [6, 6.07) is 4.14. The van der Waals surface area contributed by atoms with Crippen LogP contribution in [0.5, 0.6) is 0 Å². The highest BCUT2D eigenvalue weighted by Gasteiger charge is 2.03. The fraction of sp³-hybridized carbons (Fsp3) is 0.583. The molecule has 0 saturated heterocycles. The monoisotopic (exact) mass is 207 g/mol. The molecular weight excluding hydrogens is 186 g/mol. The van der Waals surface area contributed by atoms with Crippen molar-refractivity contribution in [2.24, 2.45) is 0 Å². The molecule has 0 atom stereocenters. The highest BCUT2D eigenvalue weighted by Crippen LogP contribution is 2.11. The van der Waals surface area contributed by atoms with Gasteiger partial charge in [-0.1, -0.05) is 13.8 Å². The van der Waals surface area contributed by atoms with E-state index in [0.29, 0.717) is 0 Å². The molecule has 0 aliphatic heterocycles. The van der Waals surface area contributed by atoms with E-state index in [1.54, 1.807) is 0 Å². The van der Waals surface area contributed by atoms with Gasteiger partial charge in [0.1, 0.15) is 0 Å². The normalized spacial score (nSPS) is 10.3. The van der Waals surface area contributed by atoms with Crippen molar-refractivity contribution in [3.63, 3.8) is 0 Å². The van der Waals surface area contributed by atoms with Crippen LogP contribution in [0.3, 0.4) is 0 Å². The lowest BCUT2D eigenvalue weighted by atomic mass is 10.3. The van der Waals surface area contributed by atoms with Gasteiger partial charge < -0.3 is 10.2 Å². The van der Waals surface area contributed by atoms with E-state index < -0.39 is 0 Å². The van der Waals surface area contributed by atoms with Gasteiger partial charge in [-0.2, -0.15) is 0 Å². The van der Waals surface area contributed by atoms with Gasteiger partial charge in [0.2, 0.25) is 0 Å². The highest BCUT2D eigenvalue weighted by atomic mass is 15.1. The van der Waals surface area contributed by atoms with Crippen LogP contribution in [-0.2, 0) is 0 Å². The first-order chi connectivity index (χ1) is 7.38. The molecule has 3 heteroatoms. The van der Waals surface area contributed by atoms with E-state index in [-0.39, 0.29) is 0 Å². The van der Waals surface area contributed by atoms with Crippen LogP contribution in [0.25, 0.3) is 0 Å². The second-order valence-corrected chi connectivity index (χ2v) is 3.55. The molecule has 1 aromatic heterocycles. The molecule has 0 saturated carbocycles. The Morgan fingerprint density at radius 1 is 1.20 bits per heavy atom. The molecule has 1 aromatic rings. The molecule has 1 N–H and O–H groups in total. The molecule has 3 nitrogen and oxygen atoms in total. The maximum Gasteiger partial charge on any atom is 0.0397 e. The molecule has 15 heavy (non-hydrogen) atoms. The van der Waals surface area contributed by atoms with Gasteiger partial charge in [0, 0.05) is 37.7 Å². The van der Waals surface area contributed by atoms with Crippen LogP contribution >= 0.6 is 0 Å². The van der Waals surface area contributed by atoms with E-state index in [0.717, 1.165) is 26.2 Å².